The van der Waals surface area contributed by atoms with Crippen molar-refractivity contribution < 1.29 is 4.39 Å². The number of hydrogen-bond donors (Lipinski definition) is 2. The van der Waals surface area contributed by atoms with Crippen LogP contribution in [0.4, 0.5) is 4.39 Å². The molecule has 1 aliphatic heterocycles. The van der Waals surface area contributed by atoms with E-state index >= 15 is 0 Å². The van der Waals surface area contributed by atoms with Gasteiger partial charge in [-0.1, -0.05) is 31.0 Å². The summed E-state index contributed by atoms with van der Waals surface area (Å²) in [7, 11) is 1.83. The molecule has 2 aliphatic carbocycles. The second-order valence-corrected chi connectivity index (χ2v) is 8.58. The van der Waals surface area contributed by atoms with Gasteiger partial charge in [-0.15, -0.1) is 0 Å². The van der Waals surface area contributed by atoms with Gasteiger partial charge in [0.15, 0.2) is 5.96 Å². The minimum Gasteiger partial charge on any atom is -0.356 e. The van der Waals surface area contributed by atoms with E-state index in [-0.39, 0.29) is 11.2 Å². The molecule has 27 heavy (non-hydrogen) atoms. The van der Waals surface area contributed by atoms with Crippen molar-refractivity contribution in [2.45, 2.75) is 68.9 Å². The Labute approximate surface area is 162 Å². The van der Waals surface area contributed by atoms with Crippen molar-refractivity contribution in [1.82, 2.24) is 15.5 Å². The number of likely N-dealkylation sites (tertiary alicyclic amines) is 1. The Kier molecular flexibility index (Phi) is 5.67. The number of aliphatic imine (C=N–C) groups is 1. The number of nitrogens with one attached hydrogen (secondary N) is 2. The average Bonchev–Trinajstić information content (AvgIpc) is 3.28. The van der Waals surface area contributed by atoms with Crippen LogP contribution in [0, 0.1) is 5.82 Å². The fourth-order valence-corrected chi connectivity index (χ4v) is 4.90. The highest BCUT2D eigenvalue weighted by molar-refractivity contribution is 5.80. The Morgan fingerprint density at radius 1 is 1.15 bits per heavy atom. The Hall–Kier alpha value is -1.62. The molecule has 4 nitrogen and oxygen atoms in total. The number of guanidine groups is 1. The lowest BCUT2D eigenvalue weighted by atomic mass is 9.95. The quantitative estimate of drug-likeness (QED) is 0.614. The monoisotopic (exact) mass is 372 g/mol. The molecule has 148 valence electrons. The van der Waals surface area contributed by atoms with Crippen LogP contribution in [0.3, 0.4) is 0 Å². The van der Waals surface area contributed by atoms with Crippen LogP contribution in [0.15, 0.2) is 29.3 Å². The molecule has 1 aromatic rings. The van der Waals surface area contributed by atoms with Gasteiger partial charge >= 0.3 is 0 Å². The summed E-state index contributed by atoms with van der Waals surface area (Å²) in [5, 5.41) is 7.07. The highest BCUT2D eigenvalue weighted by Gasteiger charge is 2.45. The minimum absolute atomic E-state index is 0.0607. The van der Waals surface area contributed by atoms with E-state index < -0.39 is 0 Å². The Bertz CT molecular complexity index is 656. The van der Waals surface area contributed by atoms with Gasteiger partial charge in [-0.3, -0.25) is 4.99 Å². The second-order valence-electron chi connectivity index (χ2n) is 8.58. The molecule has 0 unspecified atom stereocenters. The van der Waals surface area contributed by atoms with E-state index in [1.807, 2.05) is 19.2 Å². The first-order chi connectivity index (χ1) is 13.2. The van der Waals surface area contributed by atoms with E-state index in [0.717, 1.165) is 37.0 Å². The van der Waals surface area contributed by atoms with Gasteiger partial charge in [0.25, 0.3) is 0 Å². The van der Waals surface area contributed by atoms with Gasteiger partial charge < -0.3 is 15.5 Å². The zero-order valence-corrected chi connectivity index (χ0v) is 16.5. The molecule has 5 heteroatoms. The maximum Gasteiger partial charge on any atom is 0.191 e. The Balaban J connectivity index is 1.26. The van der Waals surface area contributed by atoms with Gasteiger partial charge in [0.1, 0.15) is 5.82 Å². The number of hydrogen-bond acceptors (Lipinski definition) is 2. The highest BCUT2D eigenvalue weighted by Crippen LogP contribution is 2.48. The number of nitrogens with zero attached hydrogens (tertiary/aromatic N) is 2. The van der Waals surface area contributed by atoms with Gasteiger partial charge in [0.05, 0.1) is 0 Å². The fraction of sp³-hybridized carbons (Fsp3) is 0.682. The third kappa shape index (κ3) is 4.29. The molecule has 3 aliphatic rings. The lowest BCUT2D eigenvalue weighted by molar-refractivity contribution is 0.150. The summed E-state index contributed by atoms with van der Waals surface area (Å²) in [5.74, 6) is 0.774. The van der Waals surface area contributed by atoms with Gasteiger partial charge in [0.2, 0.25) is 0 Å². The topological polar surface area (TPSA) is 39.7 Å². The molecule has 2 N–H and O–H groups in total. The van der Waals surface area contributed by atoms with Gasteiger partial charge in [0, 0.05) is 44.2 Å². The lowest BCUT2D eigenvalue weighted by Crippen LogP contribution is -2.51. The van der Waals surface area contributed by atoms with Crippen molar-refractivity contribution in [3.63, 3.8) is 0 Å². The molecule has 3 fully saturated rings. The summed E-state index contributed by atoms with van der Waals surface area (Å²) >= 11 is 0. The molecule has 0 aromatic heterocycles. The standard InChI is InChI=1S/C22H33FN4/c1-24-21(25-16-22(12-13-22)19-8-4-5-9-20(19)23)26-17-10-14-27(15-11-17)18-6-2-3-7-18/h4-5,8-9,17-18H,2-3,6-7,10-16H2,1H3,(H2,24,25,26). The zero-order chi connectivity index (χ0) is 18.7. The maximum absolute atomic E-state index is 14.2. The van der Waals surface area contributed by atoms with Crippen LogP contribution in [-0.2, 0) is 5.41 Å². The Morgan fingerprint density at radius 2 is 1.85 bits per heavy atom. The molecule has 4 rings (SSSR count). The van der Waals surface area contributed by atoms with E-state index in [9.17, 15) is 4.39 Å². The van der Waals surface area contributed by atoms with Crippen LogP contribution in [0.25, 0.3) is 0 Å². The summed E-state index contributed by atoms with van der Waals surface area (Å²) in [6, 6.07) is 8.51. The van der Waals surface area contributed by atoms with Crippen LogP contribution in [0.2, 0.25) is 0 Å². The second kappa shape index (κ2) is 8.17. The van der Waals surface area contributed by atoms with E-state index in [1.165, 1.54) is 51.6 Å². The maximum atomic E-state index is 14.2. The van der Waals surface area contributed by atoms with Crippen molar-refractivity contribution in [2.75, 3.05) is 26.7 Å². The number of piperidine rings is 1. The van der Waals surface area contributed by atoms with Gasteiger partial charge in [-0.05, 0) is 50.2 Å². The van der Waals surface area contributed by atoms with Crippen LogP contribution in [0.1, 0.15) is 56.9 Å². The van der Waals surface area contributed by atoms with Crippen molar-refractivity contribution in [2.24, 2.45) is 4.99 Å². The first kappa shape index (κ1) is 18.7. The van der Waals surface area contributed by atoms with Crippen LogP contribution in [0.5, 0.6) is 0 Å². The summed E-state index contributed by atoms with van der Waals surface area (Å²) in [6.07, 6.45) is 10.0. The third-order valence-electron chi connectivity index (χ3n) is 6.83. The normalized spacial score (nSPS) is 24.1. The predicted octanol–water partition coefficient (Wildman–Crippen LogP) is 3.43. The van der Waals surface area contributed by atoms with E-state index in [0.29, 0.717) is 6.04 Å². The van der Waals surface area contributed by atoms with Gasteiger partial charge in [-0.25, -0.2) is 4.39 Å². The Morgan fingerprint density at radius 3 is 2.48 bits per heavy atom. The molecule has 0 spiro atoms. The largest absolute Gasteiger partial charge is 0.356 e. The molecule has 0 atom stereocenters. The highest BCUT2D eigenvalue weighted by atomic mass is 19.1. The smallest absolute Gasteiger partial charge is 0.191 e. The predicted molar refractivity (Wildman–Crippen MR) is 109 cm³/mol. The summed E-state index contributed by atoms with van der Waals surface area (Å²) in [6.45, 7) is 3.13. The average molecular weight is 373 g/mol. The first-order valence-electron chi connectivity index (χ1n) is 10.7. The van der Waals surface area contributed by atoms with E-state index in [4.69, 9.17) is 0 Å². The molecule has 1 aromatic carbocycles. The van der Waals surface area contributed by atoms with Crippen molar-refractivity contribution in [3.8, 4) is 0 Å². The van der Waals surface area contributed by atoms with Gasteiger partial charge in [-0.2, -0.15) is 0 Å². The molecular weight excluding hydrogens is 339 g/mol. The molecule has 0 radical (unpaired) electrons. The molecule has 1 saturated heterocycles. The van der Waals surface area contributed by atoms with Crippen molar-refractivity contribution in [1.29, 1.82) is 0 Å². The molecule has 0 bridgehead atoms. The summed E-state index contributed by atoms with van der Waals surface area (Å²) < 4.78 is 14.2. The summed E-state index contributed by atoms with van der Waals surface area (Å²) in [5.41, 5.74) is 0.784. The molecule has 1 heterocycles. The van der Waals surface area contributed by atoms with Crippen LogP contribution < -0.4 is 10.6 Å². The number of halogens is 1. The van der Waals surface area contributed by atoms with Crippen LogP contribution in [-0.4, -0.2) is 49.6 Å². The minimum atomic E-state index is -0.0842. The molecular formula is C22H33FN4. The number of benzene rings is 1. The SMILES string of the molecule is CN=C(NCC1(c2ccccc2F)CC1)NC1CCN(C2CCCC2)CC1. The third-order valence-corrected chi connectivity index (χ3v) is 6.83. The summed E-state index contributed by atoms with van der Waals surface area (Å²) in [4.78, 5) is 7.11. The molecule has 2 saturated carbocycles. The van der Waals surface area contributed by atoms with Crippen molar-refractivity contribution >= 4 is 5.96 Å². The van der Waals surface area contributed by atoms with Crippen LogP contribution >= 0.6 is 0 Å². The molecule has 0 amide bonds. The van der Waals surface area contributed by atoms with E-state index in [2.05, 4.69) is 20.5 Å². The zero-order valence-electron chi connectivity index (χ0n) is 16.5. The number of rotatable bonds is 5. The van der Waals surface area contributed by atoms with E-state index in [1.54, 1.807) is 12.1 Å². The first-order valence-corrected chi connectivity index (χ1v) is 10.7. The fourth-order valence-electron chi connectivity index (χ4n) is 4.90. The van der Waals surface area contributed by atoms with Crippen molar-refractivity contribution in [3.05, 3.63) is 35.6 Å². The lowest BCUT2D eigenvalue weighted by Gasteiger charge is -2.36.